The van der Waals surface area contributed by atoms with E-state index in [2.05, 4.69) is 24.6 Å². The predicted octanol–water partition coefficient (Wildman–Crippen LogP) is 2.82. The fourth-order valence-electron chi connectivity index (χ4n) is 0.907. The van der Waals surface area contributed by atoms with Crippen LogP contribution in [0.15, 0.2) is 18.4 Å². The summed E-state index contributed by atoms with van der Waals surface area (Å²) in [6.07, 6.45) is 6.75. The second-order valence-corrected chi connectivity index (χ2v) is 3.14. The summed E-state index contributed by atoms with van der Waals surface area (Å²) < 4.78 is 0. The zero-order chi connectivity index (χ0) is 9.23. The third-order valence-corrected chi connectivity index (χ3v) is 1.82. The molecule has 12 heavy (non-hydrogen) atoms. The third kappa shape index (κ3) is 7.52. The Morgan fingerprint density at radius 2 is 2.25 bits per heavy atom. The standard InChI is InChI=1S/C10H17NS/c1-3-5-6-7-9-11-10(12)8-4-2/h8H,2-3,5-7,9H2,1H3,(H,11,12). The van der Waals surface area contributed by atoms with Crippen LogP contribution in [0.4, 0.5) is 0 Å². The maximum atomic E-state index is 4.96. The molecule has 1 N–H and O–H groups in total. The second-order valence-electron chi connectivity index (χ2n) is 2.70. The molecular weight excluding hydrogens is 166 g/mol. The van der Waals surface area contributed by atoms with E-state index in [0.717, 1.165) is 11.5 Å². The molecule has 0 bridgehead atoms. The van der Waals surface area contributed by atoms with Gasteiger partial charge in [-0.15, -0.1) is 5.73 Å². The van der Waals surface area contributed by atoms with Crippen molar-refractivity contribution in [3.05, 3.63) is 18.4 Å². The van der Waals surface area contributed by atoms with Crippen LogP contribution >= 0.6 is 12.2 Å². The van der Waals surface area contributed by atoms with Gasteiger partial charge in [-0.1, -0.05) is 45.0 Å². The van der Waals surface area contributed by atoms with E-state index in [1.165, 1.54) is 25.7 Å². The van der Waals surface area contributed by atoms with E-state index in [4.69, 9.17) is 12.2 Å². The predicted molar refractivity (Wildman–Crippen MR) is 58.5 cm³/mol. The van der Waals surface area contributed by atoms with Crippen LogP contribution in [-0.4, -0.2) is 11.5 Å². The van der Waals surface area contributed by atoms with Gasteiger partial charge in [0.2, 0.25) is 0 Å². The summed E-state index contributed by atoms with van der Waals surface area (Å²) in [4.78, 5) is 0.737. The van der Waals surface area contributed by atoms with Crippen LogP contribution in [0.3, 0.4) is 0 Å². The molecule has 68 valence electrons. The lowest BCUT2D eigenvalue weighted by molar-refractivity contribution is 0.656. The summed E-state index contributed by atoms with van der Waals surface area (Å²) in [6, 6.07) is 0. The van der Waals surface area contributed by atoms with Gasteiger partial charge in [-0.2, -0.15) is 0 Å². The quantitative estimate of drug-likeness (QED) is 0.294. The van der Waals surface area contributed by atoms with Crippen molar-refractivity contribution in [2.45, 2.75) is 32.6 Å². The first-order valence-corrected chi connectivity index (χ1v) is 4.85. The monoisotopic (exact) mass is 183 g/mol. The lowest BCUT2D eigenvalue weighted by atomic mass is 10.2. The van der Waals surface area contributed by atoms with E-state index in [9.17, 15) is 0 Å². The SMILES string of the molecule is C=C=CC(=S)NCCCCCC. The van der Waals surface area contributed by atoms with Crippen LogP contribution in [0.1, 0.15) is 32.6 Å². The average molecular weight is 183 g/mol. The number of nitrogens with one attached hydrogen (secondary N) is 1. The topological polar surface area (TPSA) is 12.0 Å². The van der Waals surface area contributed by atoms with Gasteiger partial charge in [-0.3, -0.25) is 0 Å². The van der Waals surface area contributed by atoms with Gasteiger partial charge in [-0.25, -0.2) is 0 Å². The number of hydrogen-bond donors (Lipinski definition) is 1. The van der Waals surface area contributed by atoms with E-state index in [-0.39, 0.29) is 0 Å². The van der Waals surface area contributed by atoms with E-state index in [0.29, 0.717) is 0 Å². The molecule has 0 atom stereocenters. The average Bonchev–Trinajstić information content (AvgIpc) is 2.05. The minimum Gasteiger partial charge on any atom is -0.376 e. The minimum absolute atomic E-state index is 0.737. The normalized spacial score (nSPS) is 8.75. The Morgan fingerprint density at radius 3 is 2.83 bits per heavy atom. The smallest absolute Gasteiger partial charge is 0.107 e. The summed E-state index contributed by atoms with van der Waals surface area (Å²) in [5.74, 6) is 0. The number of thiocarbonyl (C=S) groups is 1. The Bertz CT molecular complexity index is 169. The highest BCUT2D eigenvalue weighted by Gasteiger charge is 1.89. The fourth-order valence-corrected chi connectivity index (χ4v) is 1.09. The Morgan fingerprint density at radius 1 is 1.50 bits per heavy atom. The molecule has 0 aromatic heterocycles. The van der Waals surface area contributed by atoms with Crippen LogP contribution in [0.2, 0.25) is 0 Å². The van der Waals surface area contributed by atoms with Gasteiger partial charge >= 0.3 is 0 Å². The molecule has 2 heteroatoms. The minimum atomic E-state index is 0.737. The number of unbranched alkanes of at least 4 members (excludes halogenated alkanes) is 3. The first-order chi connectivity index (χ1) is 5.81. The first kappa shape index (κ1) is 11.4. The Balaban J connectivity index is 3.19. The molecule has 0 unspecified atom stereocenters. The van der Waals surface area contributed by atoms with Gasteiger partial charge < -0.3 is 5.32 Å². The molecule has 0 amide bonds. The zero-order valence-corrected chi connectivity index (χ0v) is 8.54. The van der Waals surface area contributed by atoms with Crippen molar-refractivity contribution in [2.24, 2.45) is 0 Å². The van der Waals surface area contributed by atoms with Gasteiger partial charge in [0, 0.05) is 12.6 Å². The highest BCUT2D eigenvalue weighted by Crippen LogP contribution is 1.96. The molecular formula is C10H17NS. The summed E-state index contributed by atoms with van der Waals surface area (Å²) in [6.45, 7) is 6.63. The van der Waals surface area contributed by atoms with Crippen LogP contribution < -0.4 is 5.32 Å². The largest absolute Gasteiger partial charge is 0.376 e. The molecule has 0 aromatic rings. The van der Waals surface area contributed by atoms with Crippen LogP contribution in [0, 0.1) is 0 Å². The number of hydrogen-bond acceptors (Lipinski definition) is 1. The summed E-state index contributed by atoms with van der Waals surface area (Å²) >= 11 is 4.96. The molecule has 0 saturated heterocycles. The highest BCUT2D eigenvalue weighted by molar-refractivity contribution is 7.80. The molecule has 0 radical (unpaired) electrons. The molecule has 0 heterocycles. The van der Waals surface area contributed by atoms with Crippen LogP contribution in [0.5, 0.6) is 0 Å². The molecule has 0 aliphatic heterocycles. The summed E-state index contributed by atoms with van der Waals surface area (Å²) in [5, 5.41) is 3.12. The van der Waals surface area contributed by atoms with Gasteiger partial charge in [0.25, 0.3) is 0 Å². The van der Waals surface area contributed by atoms with Crippen molar-refractivity contribution < 1.29 is 0 Å². The van der Waals surface area contributed by atoms with Crippen LogP contribution in [0.25, 0.3) is 0 Å². The molecule has 0 fully saturated rings. The molecule has 0 aliphatic carbocycles. The molecule has 0 aromatic carbocycles. The maximum absolute atomic E-state index is 4.96. The molecule has 0 saturated carbocycles. The lowest BCUT2D eigenvalue weighted by Crippen LogP contribution is -2.20. The molecule has 0 rings (SSSR count). The molecule has 0 spiro atoms. The number of rotatable bonds is 6. The van der Waals surface area contributed by atoms with Gasteiger partial charge in [-0.05, 0) is 6.42 Å². The van der Waals surface area contributed by atoms with Crippen molar-refractivity contribution in [1.82, 2.24) is 5.32 Å². The Labute approximate surface area is 80.6 Å². The van der Waals surface area contributed by atoms with Crippen molar-refractivity contribution in [3.63, 3.8) is 0 Å². The van der Waals surface area contributed by atoms with E-state index in [1.807, 2.05) is 0 Å². The van der Waals surface area contributed by atoms with Crippen molar-refractivity contribution in [3.8, 4) is 0 Å². The highest BCUT2D eigenvalue weighted by atomic mass is 32.1. The zero-order valence-electron chi connectivity index (χ0n) is 7.73. The molecule has 1 nitrogen and oxygen atoms in total. The third-order valence-electron chi connectivity index (χ3n) is 1.56. The van der Waals surface area contributed by atoms with Crippen molar-refractivity contribution in [2.75, 3.05) is 6.54 Å². The van der Waals surface area contributed by atoms with E-state index < -0.39 is 0 Å². The summed E-state index contributed by atoms with van der Waals surface area (Å²) in [7, 11) is 0. The van der Waals surface area contributed by atoms with Gasteiger partial charge in [0.1, 0.15) is 4.99 Å². The maximum Gasteiger partial charge on any atom is 0.107 e. The van der Waals surface area contributed by atoms with Crippen molar-refractivity contribution in [1.29, 1.82) is 0 Å². The van der Waals surface area contributed by atoms with E-state index in [1.54, 1.807) is 6.08 Å². The fraction of sp³-hybridized carbons (Fsp3) is 0.600. The Kier molecular flexibility index (Phi) is 8.09. The van der Waals surface area contributed by atoms with Gasteiger partial charge in [0.05, 0.1) is 0 Å². The summed E-state index contributed by atoms with van der Waals surface area (Å²) in [5.41, 5.74) is 2.64. The van der Waals surface area contributed by atoms with Crippen LogP contribution in [-0.2, 0) is 0 Å². The van der Waals surface area contributed by atoms with Crippen molar-refractivity contribution >= 4 is 17.2 Å². The first-order valence-electron chi connectivity index (χ1n) is 4.45. The van der Waals surface area contributed by atoms with Gasteiger partial charge in [0.15, 0.2) is 0 Å². The van der Waals surface area contributed by atoms with E-state index >= 15 is 0 Å². The Hall–Kier alpha value is -0.590. The second kappa shape index (κ2) is 8.51. The lowest BCUT2D eigenvalue weighted by Gasteiger charge is -2.02. The molecule has 0 aliphatic rings.